The van der Waals surface area contributed by atoms with E-state index in [9.17, 15) is 18.3 Å². The number of aromatic hydroxyl groups is 1. The third-order valence-electron chi connectivity index (χ3n) is 2.64. The number of carboxylic acids is 1. The first-order valence-electron chi connectivity index (χ1n) is 5.91. The summed E-state index contributed by atoms with van der Waals surface area (Å²) in [5.41, 5.74) is 0.227. The van der Waals surface area contributed by atoms with Gasteiger partial charge in [-0.05, 0) is 25.1 Å². The van der Waals surface area contributed by atoms with Crippen molar-refractivity contribution in [3.05, 3.63) is 35.9 Å². The zero-order valence-corrected chi connectivity index (χ0v) is 12.1. The lowest BCUT2D eigenvalue weighted by molar-refractivity contribution is 0.0693. The molecule has 0 saturated carbocycles. The number of phenols is 1. The topological polar surface area (TPSA) is 94.9 Å². The van der Waals surface area contributed by atoms with Gasteiger partial charge in [0.25, 0.3) is 0 Å². The second kappa shape index (κ2) is 6.06. The number of aromatic carboxylic acids is 1. The van der Waals surface area contributed by atoms with Gasteiger partial charge in [0, 0.05) is 13.1 Å². The first kappa shape index (κ1) is 16.2. The normalized spacial score (nSPS) is 11.6. The highest BCUT2D eigenvalue weighted by Crippen LogP contribution is 2.24. The van der Waals surface area contributed by atoms with E-state index in [0.29, 0.717) is 5.57 Å². The largest absolute Gasteiger partial charge is 0.507 e. The van der Waals surface area contributed by atoms with Gasteiger partial charge in [-0.3, -0.25) is 0 Å². The molecule has 7 heteroatoms. The van der Waals surface area contributed by atoms with Crippen LogP contribution in [0.15, 0.2) is 35.2 Å². The highest BCUT2D eigenvalue weighted by molar-refractivity contribution is 7.89. The molecule has 0 aliphatic rings. The maximum atomic E-state index is 12.4. The van der Waals surface area contributed by atoms with E-state index in [-0.39, 0.29) is 18.0 Å². The summed E-state index contributed by atoms with van der Waals surface area (Å²) in [6.45, 7) is 7.44. The minimum atomic E-state index is -3.82. The Morgan fingerprint density at radius 2 is 2.00 bits per heavy atom. The van der Waals surface area contributed by atoms with Crippen molar-refractivity contribution < 1.29 is 23.4 Å². The first-order valence-corrected chi connectivity index (χ1v) is 7.35. The van der Waals surface area contributed by atoms with E-state index in [4.69, 9.17) is 5.11 Å². The Morgan fingerprint density at radius 3 is 2.45 bits per heavy atom. The Kier molecular flexibility index (Phi) is 4.91. The monoisotopic (exact) mass is 299 g/mol. The fraction of sp³-hybridized carbons (Fsp3) is 0.308. The number of hydrogen-bond acceptors (Lipinski definition) is 4. The summed E-state index contributed by atoms with van der Waals surface area (Å²) in [5.74, 6) is -1.86. The first-order chi connectivity index (χ1) is 9.20. The van der Waals surface area contributed by atoms with Crippen molar-refractivity contribution in [1.29, 1.82) is 0 Å². The van der Waals surface area contributed by atoms with E-state index in [1.54, 1.807) is 13.8 Å². The highest BCUT2D eigenvalue weighted by Gasteiger charge is 2.25. The van der Waals surface area contributed by atoms with Crippen LogP contribution in [0.1, 0.15) is 24.2 Å². The Hall–Kier alpha value is -1.86. The quantitative estimate of drug-likeness (QED) is 0.779. The van der Waals surface area contributed by atoms with Gasteiger partial charge in [-0.2, -0.15) is 4.31 Å². The smallest absolute Gasteiger partial charge is 0.339 e. The number of benzene rings is 1. The number of sulfonamides is 1. The fourth-order valence-electron chi connectivity index (χ4n) is 1.66. The van der Waals surface area contributed by atoms with E-state index in [0.717, 1.165) is 12.1 Å². The van der Waals surface area contributed by atoms with Crippen molar-refractivity contribution >= 4 is 16.0 Å². The third-order valence-corrected chi connectivity index (χ3v) is 4.55. The van der Waals surface area contributed by atoms with E-state index in [1.165, 1.54) is 10.4 Å². The number of carbonyl (C=O) groups is 1. The lowest BCUT2D eigenvalue weighted by Gasteiger charge is -2.20. The van der Waals surface area contributed by atoms with Crippen molar-refractivity contribution in [2.75, 3.05) is 13.1 Å². The zero-order valence-electron chi connectivity index (χ0n) is 11.3. The van der Waals surface area contributed by atoms with E-state index < -0.39 is 27.3 Å². The summed E-state index contributed by atoms with van der Waals surface area (Å²) in [4.78, 5) is 10.8. The molecule has 0 spiro atoms. The number of hydrogen-bond donors (Lipinski definition) is 2. The van der Waals surface area contributed by atoms with E-state index in [1.807, 2.05) is 0 Å². The van der Waals surface area contributed by atoms with Gasteiger partial charge in [-0.15, -0.1) is 0 Å². The van der Waals surface area contributed by atoms with Gasteiger partial charge in [0.15, 0.2) is 0 Å². The van der Waals surface area contributed by atoms with Crippen molar-refractivity contribution in [2.45, 2.75) is 18.7 Å². The molecular formula is C13H17NO5S. The average Bonchev–Trinajstić information content (AvgIpc) is 2.35. The molecule has 0 radical (unpaired) electrons. The summed E-state index contributed by atoms with van der Waals surface area (Å²) < 4.78 is 26.0. The minimum absolute atomic E-state index is 0.155. The molecule has 0 heterocycles. The van der Waals surface area contributed by atoms with Crippen LogP contribution >= 0.6 is 0 Å². The molecule has 20 heavy (non-hydrogen) atoms. The van der Waals surface area contributed by atoms with Crippen LogP contribution in [0.4, 0.5) is 0 Å². The number of likely N-dealkylation sites (N-methyl/N-ethyl adjacent to an activating group) is 1. The molecular weight excluding hydrogens is 282 g/mol. The summed E-state index contributed by atoms with van der Waals surface area (Å²) in [6.07, 6.45) is 0. The molecule has 0 unspecified atom stereocenters. The molecule has 0 aromatic heterocycles. The van der Waals surface area contributed by atoms with Crippen LogP contribution in [0, 0.1) is 0 Å². The Bertz CT molecular complexity index is 636. The zero-order chi connectivity index (χ0) is 15.5. The molecule has 0 saturated heterocycles. The van der Waals surface area contributed by atoms with Gasteiger partial charge in [-0.25, -0.2) is 13.2 Å². The summed E-state index contributed by atoms with van der Waals surface area (Å²) in [5, 5.41) is 18.3. The van der Waals surface area contributed by atoms with Gasteiger partial charge in [0.05, 0.1) is 4.90 Å². The molecule has 0 atom stereocenters. The van der Waals surface area contributed by atoms with Crippen LogP contribution in [0.2, 0.25) is 0 Å². The molecule has 0 amide bonds. The predicted molar refractivity (Wildman–Crippen MR) is 74.3 cm³/mol. The molecule has 1 aromatic rings. The van der Waals surface area contributed by atoms with Gasteiger partial charge in [0.1, 0.15) is 11.3 Å². The standard InChI is InChI=1S/C13H17NO5S/c1-4-14(8-9(2)3)20(18,19)10-5-6-12(15)11(7-10)13(16)17/h5-7,15H,2,4,8H2,1,3H3,(H,16,17). The number of rotatable bonds is 6. The van der Waals surface area contributed by atoms with Gasteiger partial charge < -0.3 is 10.2 Å². The number of nitrogens with zero attached hydrogens (tertiary/aromatic N) is 1. The molecule has 0 bridgehead atoms. The second-order valence-electron chi connectivity index (χ2n) is 4.37. The van der Waals surface area contributed by atoms with Crippen molar-refractivity contribution in [3.8, 4) is 5.75 Å². The Morgan fingerprint density at radius 1 is 1.40 bits per heavy atom. The second-order valence-corrected chi connectivity index (χ2v) is 6.31. The van der Waals surface area contributed by atoms with Gasteiger partial charge in [0.2, 0.25) is 10.0 Å². The molecule has 0 fully saturated rings. The minimum Gasteiger partial charge on any atom is -0.507 e. The summed E-state index contributed by atoms with van der Waals surface area (Å²) in [6, 6.07) is 3.19. The maximum absolute atomic E-state index is 12.4. The van der Waals surface area contributed by atoms with E-state index >= 15 is 0 Å². The lowest BCUT2D eigenvalue weighted by atomic mass is 10.2. The highest BCUT2D eigenvalue weighted by atomic mass is 32.2. The molecule has 1 rings (SSSR count). The molecule has 6 nitrogen and oxygen atoms in total. The molecule has 1 aromatic carbocycles. The van der Waals surface area contributed by atoms with Crippen molar-refractivity contribution in [2.24, 2.45) is 0 Å². The SMILES string of the molecule is C=C(C)CN(CC)S(=O)(=O)c1ccc(O)c(C(=O)O)c1. The Balaban J connectivity index is 3.31. The van der Waals surface area contributed by atoms with Crippen LogP contribution in [0.25, 0.3) is 0 Å². The molecule has 2 N–H and O–H groups in total. The van der Waals surface area contributed by atoms with Gasteiger partial charge in [-0.1, -0.05) is 19.1 Å². The average molecular weight is 299 g/mol. The summed E-state index contributed by atoms with van der Waals surface area (Å²) in [7, 11) is -3.82. The summed E-state index contributed by atoms with van der Waals surface area (Å²) >= 11 is 0. The van der Waals surface area contributed by atoms with Gasteiger partial charge >= 0.3 is 5.97 Å². The van der Waals surface area contributed by atoms with Crippen LogP contribution in [0.3, 0.4) is 0 Å². The van der Waals surface area contributed by atoms with Crippen LogP contribution < -0.4 is 0 Å². The number of carboxylic acid groups (broad SMARTS) is 1. The third kappa shape index (κ3) is 3.37. The van der Waals surface area contributed by atoms with Crippen molar-refractivity contribution in [3.63, 3.8) is 0 Å². The predicted octanol–water partition coefficient (Wildman–Crippen LogP) is 1.68. The molecule has 0 aliphatic heterocycles. The van der Waals surface area contributed by atoms with E-state index in [2.05, 4.69) is 6.58 Å². The molecule has 110 valence electrons. The van der Waals surface area contributed by atoms with Crippen LogP contribution in [0.5, 0.6) is 5.75 Å². The lowest BCUT2D eigenvalue weighted by Crippen LogP contribution is -2.32. The fourth-order valence-corrected chi connectivity index (χ4v) is 3.20. The molecule has 0 aliphatic carbocycles. The van der Waals surface area contributed by atoms with Crippen LogP contribution in [-0.2, 0) is 10.0 Å². The Labute approximate surface area is 118 Å². The van der Waals surface area contributed by atoms with Crippen molar-refractivity contribution in [1.82, 2.24) is 4.31 Å². The maximum Gasteiger partial charge on any atom is 0.339 e. The van der Waals surface area contributed by atoms with Crippen LogP contribution in [-0.4, -0.2) is 42.0 Å².